The fourth-order valence-corrected chi connectivity index (χ4v) is 4.37. The number of hydrogen-bond donors (Lipinski definition) is 1. The summed E-state index contributed by atoms with van der Waals surface area (Å²) >= 11 is 0. The molecule has 4 rings (SSSR count). The van der Waals surface area contributed by atoms with Crippen LogP contribution in [0.25, 0.3) is 0 Å². The Bertz CT molecular complexity index is 1220. The highest BCUT2D eigenvalue weighted by atomic mass is 16.5. The summed E-state index contributed by atoms with van der Waals surface area (Å²) in [6, 6.07) is 23.7. The van der Waals surface area contributed by atoms with Gasteiger partial charge in [-0.15, -0.1) is 0 Å². The van der Waals surface area contributed by atoms with Gasteiger partial charge in [0.1, 0.15) is 11.5 Å². The van der Waals surface area contributed by atoms with Crippen LogP contribution in [0.5, 0.6) is 11.5 Å². The second kappa shape index (κ2) is 10.9. The lowest BCUT2D eigenvalue weighted by Gasteiger charge is -2.27. The number of carbonyl (C=O) groups excluding carboxylic acids is 2. The lowest BCUT2D eigenvalue weighted by atomic mass is 9.93. The quantitative estimate of drug-likeness (QED) is 0.440. The smallest absolute Gasteiger partial charge is 0.290 e. The summed E-state index contributed by atoms with van der Waals surface area (Å²) in [5.41, 5.74) is 2.73. The number of benzene rings is 3. The number of aryl methyl sites for hydroxylation is 1. The largest absolute Gasteiger partial charge is 0.503 e. The van der Waals surface area contributed by atoms with E-state index in [2.05, 4.69) is 0 Å². The van der Waals surface area contributed by atoms with Gasteiger partial charge in [-0.2, -0.15) is 0 Å². The van der Waals surface area contributed by atoms with E-state index in [0.29, 0.717) is 24.5 Å². The molecule has 1 aliphatic heterocycles. The fraction of sp³-hybridized carbons (Fsp3) is 0.241. The van der Waals surface area contributed by atoms with Crippen LogP contribution in [0.4, 0.5) is 0 Å². The van der Waals surface area contributed by atoms with Gasteiger partial charge in [-0.25, -0.2) is 0 Å². The first kappa shape index (κ1) is 24.1. The van der Waals surface area contributed by atoms with Crippen LogP contribution in [-0.4, -0.2) is 35.4 Å². The number of aliphatic hydroxyl groups is 1. The third-order valence-corrected chi connectivity index (χ3v) is 6.08. The minimum Gasteiger partial charge on any atom is -0.503 e. The molecule has 1 atom stereocenters. The average Bonchev–Trinajstić information content (AvgIpc) is 3.13. The molecular formula is C29H29NO5. The van der Waals surface area contributed by atoms with Crippen molar-refractivity contribution in [3.8, 4) is 11.5 Å². The number of methoxy groups -OCH3 is 1. The fourth-order valence-electron chi connectivity index (χ4n) is 4.37. The third-order valence-electron chi connectivity index (χ3n) is 6.08. The zero-order valence-electron chi connectivity index (χ0n) is 19.9. The van der Waals surface area contributed by atoms with Gasteiger partial charge in [-0.1, -0.05) is 54.6 Å². The summed E-state index contributed by atoms with van der Waals surface area (Å²) in [7, 11) is 1.58. The topological polar surface area (TPSA) is 76.1 Å². The van der Waals surface area contributed by atoms with Crippen molar-refractivity contribution in [1.29, 1.82) is 0 Å². The lowest BCUT2D eigenvalue weighted by Crippen LogP contribution is -2.30. The maximum absolute atomic E-state index is 13.4. The predicted octanol–water partition coefficient (Wildman–Crippen LogP) is 5.19. The molecule has 0 saturated carbocycles. The van der Waals surface area contributed by atoms with Gasteiger partial charge in [0.25, 0.3) is 5.91 Å². The van der Waals surface area contributed by atoms with Gasteiger partial charge in [-0.3, -0.25) is 9.59 Å². The van der Waals surface area contributed by atoms with Gasteiger partial charge < -0.3 is 19.5 Å². The molecular weight excluding hydrogens is 442 g/mol. The van der Waals surface area contributed by atoms with Crippen LogP contribution in [0.3, 0.4) is 0 Å². The van der Waals surface area contributed by atoms with Gasteiger partial charge in [0.2, 0.25) is 0 Å². The highest BCUT2D eigenvalue weighted by molar-refractivity contribution is 6.09. The van der Waals surface area contributed by atoms with Crippen LogP contribution in [0.2, 0.25) is 0 Å². The van der Waals surface area contributed by atoms with Gasteiger partial charge >= 0.3 is 0 Å². The van der Waals surface area contributed by atoms with Crippen molar-refractivity contribution < 1.29 is 24.2 Å². The minimum absolute atomic E-state index is 0.136. The molecule has 35 heavy (non-hydrogen) atoms. The van der Waals surface area contributed by atoms with Crippen LogP contribution in [-0.2, 0) is 22.6 Å². The number of carbonyl (C=O) groups is 2. The molecule has 180 valence electrons. The summed E-state index contributed by atoms with van der Waals surface area (Å²) in [5, 5.41) is 10.9. The number of aliphatic hydroxyl groups excluding tert-OH is 1. The van der Waals surface area contributed by atoms with Crippen molar-refractivity contribution in [3.63, 3.8) is 0 Å². The number of ketones is 1. The average molecular weight is 472 g/mol. The van der Waals surface area contributed by atoms with E-state index in [1.807, 2.05) is 73.7 Å². The van der Waals surface area contributed by atoms with Gasteiger partial charge in [0, 0.05) is 13.0 Å². The molecule has 1 unspecified atom stereocenters. The van der Waals surface area contributed by atoms with E-state index >= 15 is 0 Å². The Labute approximate surface area is 205 Å². The van der Waals surface area contributed by atoms with E-state index in [0.717, 1.165) is 16.7 Å². The van der Waals surface area contributed by atoms with Crippen molar-refractivity contribution in [2.45, 2.75) is 32.4 Å². The van der Waals surface area contributed by atoms with Crippen molar-refractivity contribution in [1.82, 2.24) is 4.90 Å². The van der Waals surface area contributed by atoms with E-state index < -0.39 is 17.7 Å². The molecule has 0 aromatic heterocycles. The van der Waals surface area contributed by atoms with Crippen LogP contribution in [0.15, 0.2) is 90.2 Å². The predicted molar refractivity (Wildman–Crippen MR) is 133 cm³/mol. The zero-order chi connectivity index (χ0) is 24.8. The monoisotopic (exact) mass is 471 g/mol. The number of nitrogens with zero attached hydrogens (tertiary/aromatic N) is 1. The van der Waals surface area contributed by atoms with Crippen molar-refractivity contribution >= 4 is 11.7 Å². The summed E-state index contributed by atoms with van der Waals surface area (Å²) in [4.78, 5) is 28.1. The highest BCUT2D eigenvalue weighted by Gasteiger charge is 2.43. The number of ether oxygens (including phenoxy) is 2. The van der Waals surface area contributed by atoms with E-state index in [9.17, 15) is 14.7 Å². The van der Waals surface area contributed by atoms with Crippen LogP contribution >= 0.6 is 0 Å². The Morgan fingerprint density at radius 2 is 1.66 bits per heavy atom. The molecule has 1 aliphatic rings. The molecule has 0 aliphatic carbocycles. The molecule has 0 spiro atoms. The molecule has 0 radical (unpaired) electrons. The Balaban J connectivity index is 1.66. The number of hydrogen-bond acceptors (Lipinski definition) is 5. The van der Waals surface area contributed by atoms with Gasteiger partial charge in [0.05, 0.1) is 25.3 Å². The maximum atomic E-state index is 13.4. The second-order valence-corrected chi connectivity index (χ2v) is 8.36. The number of amides is 1. The van der Waals surface area contributed by atoms with Crippen LogP contribution < -0.4 is 9.47 Å². The van der Waals surface area contributed by atoms with Gasteiger partial charge in [0.15, 0.2) is 11.5 Å². The minimum atomic E-state index is -0.701. The van der Waals surface area contributed by atoms with E-state index in [-0.39, 0.29) is 24.3 Å². The molecule has 0 saturated heterocycles. The summed E-state index contributed by atoms with van der Waals surface area (Å²) < 4.78 is 10.9. The second-order valence-electron chi connectivity index (χ2n) is 8.36. The molecule has 1 amide bonds. The number of Topliss-reactive ketones (excluding diaryl/α,β-unsaturated/α-hetero) is 1. The van der Waals surface area contributed by atoms with Crippen molar-refractivity contribution in [3.05, 3.63) is 107 Å². The molecule has 1 N–H and O–H groups in total. The summed E-state index contributed by atoms with van der Waals surface area (Å²) in [5.74, 6) is 0.0832. The molecule has 6 heteroatoms. The summed E-state index contributed by atoms with van der Waals surface area (Å²) in [6.07, 6.45) is 0.716. The molecule has 6 nitrogen and oxygen atoms in total. The Morgan fingerprint density at radius 1 is 0.943 bits per heavy atom. The zero-order valence-corrected chi connectivity index (χ0v) is 19.9. The lowest BCUT2D eigenvalue weighted by molar-refractivity contribution is -0.130. The normalized spacial score (nSPS) is 15.4. The van der Waals surface area contributed by atoms with E-state index in [1.54, 1.807) is 19.2 Å². The Morgan fingerprint density at radius 3 is 2.34 bits per heavy atom. The molecule has 0 fully saturated rings. The standard InChI is InChI=1S/C29H29NO5/c1-3-35-24-11-7-10-21(18-24)19-30-27(22-13-15-23(34-2)16-14-22)26(28(32)29(30)33)25(31)17-12-20-8-5-4-6-9-20/h4-11,13-16,18,27,32H,3,12,17,19H2,1-2H3. The molecule has 1 heterocycles. The van der Waals surface area contributed by atoms with E-state index in [4.69, 9.17) is 9.47 Å². The number of rotatable bonds is 10. The molecule has 3 aromatic rings. The third kappa shape index (κ3) is 5.38. The van der Waals surface area contributed by atoms with Gasteiger partial charge in [-0.05, 0) is 54.3 Å². The first-order chi connectivity index (χ1) is 17.0. The first-order valence-electron chi connectivity index (χ1n) is 11.7. The summed E-state index contributed by atoms with van der Waals surface area (Å²) in [6.45, 7) is 2.66. The highest BCUT2D eigenvalue weighted by Crippen LogP contribution is 2.40. The molecule has 3 aromatic carbocycles. The van der Waals surface area contributed by atoms with Crippen LogP contribution in [0.1, 0.15) is 36.1 Å². The molecule has 0 bridgehead atoms. The Kier molecular flexibility index (Phi) is 7.51. The maximum Gasteiger partial charge on any atom is 0.290 e. The Hall–Kier alpha value is -4.06. The van der Waals surface area contributed by atoms with Crippen molar-refractivity contribution in [2.24, 2.45) is 0 Å². The SMILES string of the molecule is CCOc1cccc(CN2C(=O)C(O)=C(C(=O)CCc3ccccc3)C2c2ccc(OC)cc2)c1. The van der Waals surface area contributed by atoms with Crippen molar-refractivity contribution in [2.75, 3.05) is 13.7 Å². The van der Waals surface area contributed by atoms with E-state index in [1.165, 1.54) is 4.90 Å². The first-order valence-corrected chi connectivity index (χ1v) is 11.7. The van der Waals surface area contributed by atoms with Crippen LogP contribution in [0, 0.1) is 0 Å².